The van der Waals surface area contributed by atoms with Gasteiger partial charge in [-0.2, -0.15) is 0 Å². The Hall–Kier alpha value is -0.530. The third kappa shape index (κ3) is 2.66. The SMILES string of the molecule is CS(=O)CCn1c(=S)[nH]c2cc(F)c(Br)cc21. The van der Waals surface area contributed by atoms with Gasteiger partial charge in [0.05, 0.1) is 15.5 Å². The van der Waals surface area contributed by atoms with Gasteiger partial charge in [-0.1, -0.05) is 0 Å². The molecular weight excluding hydrogens is 327 g/mol. The van der Waals surface area contributed by atoms with Gasteiger partial charge in [-0.15, -0.1) is 0 Å². The summed E-state index contributed by atoms with van der Waals surface area (Å²) >= 11 is 8.31. The van der Waals surface area contributed by atoms with Gasteiger partial charge in [-0.25, -0.2) is 4.39 Å². The van der Waals surface area contributed by atoms with Crippen molar-refractivity contribution in [3.05, 3.63) is 27.2 Å². The molecule has 1 aromatic heterocycles. The number of halogens is 2. The van der Waals surface area contributed by atoms with Crippen LogP contribution in [0.3, 0.4) is 0 Å². The fourth-order valence-electron chi connectivity index (χ4n) is 1.59. The molecule has 2 aromatic rings. The standard InChI is InChI=1S/C10H10BrFN2OS2/c1-17(15)3-2-14-9-4-6(11)7(12)5-8(9)13-10(14)16/h4-5H,2-3H2,1H3,(H,13,16). The number of aromatic amines is 1. The summed E-state index contributed by atoms with van der Waals surface area (Å²) in [6, 6.07) is 3.07. The average Bonchev–Trinajstić information content (AvgIpc) is 2.52. The molecule has 2 rings (SSSR count). The zero-order valence-electron chi connectivity index (χ0n) is 9.00. The van der Waals surface area contributed by atoms with Crippen LogP contribution in [0.2, 0.25) is 0 Å². The van der Waals surface area contributed by atoms with E-state index in [2.05, 4.69) is 20.9 Å². The monoisotopic (exact) mass is 336 g/mol. The van der Waals surface area contributed by atoms with E-state index in [4.69, 9.17) is 12.2 Å². The Kier molecular flexibility index (Phi) is 3.79. The molecular formula is C10H10BrFN2OS2. The van der Waals surface area contributed by atoms with Crippen LogP contribution >= 0.6 is 28.1 Å². The Morgan fingerprint density at radius 2 is 2.29 bits per heavy atom. The second kappa shape index (κ2) is 4.99. The zero-order chi connectivity index (χ0) is 12.6. The summed E-state index contributed by atoms with van der Waals surface area (Å²) in [4.78, 5) is 2.94. The predicted octanol–water partition coefficient (Wildman–Crippen LogP) is 2.98. The van der Waals surface area contributed by atoms with Gasteiger partial charge < -0.3 is 9.55 Å². The minimum atomic E-state index is -0.878. The lowest BCUT2D eigenvalue weighted by atomic mass is 10.3. The molecule has 0 fully saturated rings. The van der Waals surface area contributed by atoms with Crippen molar-refractivity contribution in [3.63, 3.8) is 0 Å². The summed E-state index contributed by atoms with van der Waals surface area (Å²) in [5, 5.41) is 0. The number of nitrogens with one attached hydrogen (secondary N) is 1. The number of aryl methyl sites for hydroxylation is 1. The molecule has 0 saturated heterocycles. The summed E-state index contributed by atoms with van der Waals surface area (Å²) in [5.41, 5.74) is 1.46. The molecule has 0 radical (unpaired) electrons. The Morgan fingerprint density at radius 3 is 2.94 bits per heavy atom. The average molecular weight is 337 g/mol. The molecule has 3 nitrogen and oxygen atoms in total. The normalized spacial score (nSPS) is 13.1. The highest BCUT2D eigenvalue weighted by Gasteiger charge is 2.08. The van der Waals surface area contributed by atoms with Gasteiger partial charge >= 0.3 is 0 Å². The quantitative estimate of drug-likeness (QED) is 0.875. The number of rotatable bonds is 3. The van der Waals surface area contributed by atoms with Crippen LogP contribution in [-0.4, -0.2) is 25.8 Å². The summed E-state index contributed by atoms with van der Waals surface area (Å²) in [6.45, 7) is 0.556. The molecule has 1 atom stereocenters. The number of H-pyrrole nitrogens is 1. The molecule has 7 heteroatoms. The number of benzene rings is 1. The lowest BCUT2D eigenvalue weighted by molar-refractivity contribution is 0.622. The van der Waals surface area contributed by atoms with Gasteiger partial charge in [0.2, 0.25) is 0 Å². The highest BCUT2D eigenvalue weighted by atomic mass is 79.9. The van der Waals surface area contributed by atoms with Crippen molar-refractivity contribution < 1.29 is 8.60 Å². The molecule has 17 heavy (non-hydrogen) atoms. The van der Waals surface area contributed by atoms with Crippen LogP contribution in [-0.2, 0) is 17.3 Å². The molecule has 0 bridgehead atoms. The second-order valence-electron chi connectivity index (χ2n) is 3.64. The molecule has 0 aliphatic carbocycles. The summed E-state index contributed by atoms with van der Waals surface area (Å²) in [7, 11) is -0.878. The van der Waals surface area contributed by atoms with Crippen molar-refractivity contribution in [2.45, 2.75) is 6.54 Å². The lowest BCUT2D eigenvalue weighted by Crippen LogP contribution is -2.06. The molecule has 1 heterocycles. The van der Waals surface area contributed by atoms with E-state index in [1.807, 2.05) is 4.57 Å². The summed E-state index contributed by atoms with van der Waals surface area (Å²) in [5.74, 6) is 0.191. The molecule has 1 N–H and O–H groups in total. The van der Waals surface area contributed by atoms with Crippen molar-refractivity contribution in [1.82, 2.24) is 9.55 Å². The van der Waals surface area contributed by atoms with E-state index in [1.54, 1.807) is 12.3 Å². The molecule has 1 aromatic carbocycles. The first kappa shape index (κ1) is 12.9. The van der Waals surface area contributed by atoms with Crippen molar-refractivity contribution in [3.8, 4) is 0 Å². The highest BCUT2D eigenvalue weighted by Crippen LogP contribution is 2.23. The first-order chi connectivity index (χ1) is 7.99. The highest BCUT2D eigenvalue weighted by molar-refractivity contribution is 9.10. The minimum Gasteiger partial charge on any atom is -0.330 e. The van der Waals surface area contributed by atoms with Gasteiger partial charge in [-0.3, -0.25) is 4.21 Å². The van der Waals surface area contributed by atoms with Crippen molar-refractivity contribution in [2.24, 2.45) is 0 Å². The molecule has 0 amide bonds. The Morgan fingerprint density at radius 1 is 1.59 bits per heavy atom. The van der Waals surface area contributed by atoms with Gasteiger partial charge in [0.25, 0.3) is 0 Å². The molecule has 92 valence electrons. The third-order valence-corrected chi connectivity index (χ3v) is 4.11. The number of aromatic nitrogens is 2. The largest absolute Gasteiger partial charge is 0.330 e. The van der Waals surface area contributed by atoms with Crippen molar-refractivity contribution in [1.29, 1.82) is 0 Å². The van der Waals surface area contributed by atoms with E-state index >= 15 is 0 Å². The van der Waals surface area contributed by atoms with Gasteiger partial charge in [-0.05, 0) is 34.2 Å². The van der Waals surface area contributed by atoms with Crippen LogP contribution in [0, 0.1) is 10.6 Å². The third-order valence-electron chi connectivity index (χ3n) is 2.42. The number of hydrogen-bond acceptors (Lipinski definition) is 2. The van der Waals surface area contributed by atoms with Gasteiger partial charge in [0.15, 0.2) is 4.77 Å². The van der Waals surface area contributed by atoms with Crippen molar-refractivity contribution in [2.75, 3.05) is 12.0 Å². The molecule has 0 saturated carbocycles. The fraction of sp³-hybridized carbons (Fsp3) is 0.300. The fourth-order valence-corrected chi connectivity index (χ4v) is 2.66. The number of hydrogen-bond donors (Lipinski definition) is 1. The molecule has 0 spiro atoms. The topological polar surface area (TPSA) is 37.8 Å². The molecule has 0 aliphatic heterocycles. The Bertz CT molecular complexity index is 650. The summed E-state index contributed by atoms with van der Waals surface area (Å²) in [6.07, 6.45) is 1.65. The molecule has 0 aliphatic rings. The predicted molar refractivity (Wildman–Crippen MR) is 73.7 cm³/mol. The van der Waals surface area contributed by atoms with Crippen LogP contribution < -0.4 is 0 Å². The van der Waals surface area contributed by atoms with E-state index in [0.717, 1.165) is 5.52 Å². The second-order valence-corrected chi connectivity index (χ2v) is 6.44. The number of nitrogens with zero attached hydrogens (tertiary/aromatic N) is 1. The Labute approximate surface area is 114 Å². The lowest BCUT2D eigenvalue weighted by Gasteiger charge is -2.03. The van der Waals surface area contributed by atoms with Crippen LogP contribution in [0.4, 0.5) is 4.39 Å². The van der Waals surface area contributed by atoms with E-state index in [-0.39, 0.29) is 5.82 Å². The summed E-state index contributed by atoms with van der Waals surface area (Å²) < 4.78 is 27.2. The van der Waals surface area contributed by atoms with Crippen LogP contribution in [0.1, 0.15) is 0 Å². The maximum atomic E-state index is 13.3. The zero-order valence-corrected chi connectivity index (χ0v) is 12.2. The van der Waals surface area contributed by atoms with Crippen LogP contribution in [0.5, 0.6) is 0 Å². The maximum absolute atomic E-state index is 13.3. The van der Waals surface area contributed by atoms with E-state index in [0.29, 0.717) is 27.1 Å². The first-order valence-corrected chi connectivity index (χ1v) is 7.79. The van der Waals surface area contributed by atoms with Crippen LogP contribution in [0.25, 0.3) is 11.0 Å². The van der Waals surface area contributed by atoms with Crippen LogP contribution in [0.15, 0.2) is 16.6 Å². The van der Waals surface area contributed by atoms with E-state index < -0.39 is 10.8 Å². The van der Waals surface area contributed by atoms with E-state index in [9.17, 15) is 8.60 Å². The smallest absolute Gasteiger partial charge is 0.178 e. The van der Waals surface area contributed by atoms with Gasteiger partial charge in [0.1, 0.15) is 5.82 Å². The first-order valence-electron chi connectivity index (χ1n) is 4.86. The van der Waals surface area contributed by atoms with Gasteiger partial charge in [0, 0.05) is 35.4 Å². The minimum absolute atomic E-state index is 0.333. The maximum Gasteiger partial charge on any atom is 0.178 e. The van der Waals surface area contributed by atoms with E-state index in [1.165, 1.54) is 6.07 Å². The molecule has 1 unspecified atom stereocenters. The Balaban J connectivity index is 2.54. The number of imidazole rings is 1. The number of fused-ring (bicyclic) bond motifs is 1. The van der Waals surface area contributed by atoms with Crippen molar-refractivity contribution >= 4 is 50.0 Å².